The number of nitrogens with zero attached hydrogens (tertiary/aromatic N) is 1. The van der Waals surface area contributed by atoms with Gasteiger partial charge in [0.15, 0.2) is 18.2 Å². The van der Waals surface area contributed by atoms with Crippen molar-refractivity contribution in [3.63, 3.8) is 0 Å². The maximum atomic E-state index is 11.0. The number of ether oxygens (including phenoxy) is 1. The maximum Gasteiger partial charge on any atom is 0.263 e. The van der Waals surface area contributed by atoms with Gasteiger partial charge >= 0.3 is 0 Å². The first-order valence-electron chi connectivity index (χ1n) is 4.97. The van der Waals surface area contributed by atoms with Crippen LogP contribution in [-0.4, -0.2) is 23.4 Å². The van der Waals surface area contributed by atoms with Crippen molar-refractivity contribution < 1.29 is 14.3 Å². The SMILES string of the molecule is CC(=Cc1cnc2c(c1)OCC(=O)N2)C(N)=O. The minimum absolute atomic E-state index is 0.0311. The van der Waals surface area contributed by atoms with E-state index in [1.165, 1.54) is 6.20 Å². The van der Waals surface area contributed by atoms with Gasteiger partial charge < -0.3 is 15.8 Å². The molecule has 0 spiro atoms. The molecule has 1 aromatic rings. The van der Waals surface area contributed by atoms with E-state index in [-0.39, 0.29) is 12.5 Å². The standard InChI is InChI=1S/C11H11N3O3/c1-6(10(12)16)2-7-3-8-11(13-4-7)14-9(15)5-17-8/h2-4H,5H2,1H3,(H2,12,16)(H,13,14,15). The van der Waals surface area contributed by atoms with Gasteiger partial charge in [-0.05, 0) is 24.6 Å². The Morgan fingerprint density at radius 1 is 1.65 bits per heavy atom. The first-order chi connectivity index (χ1) is 8.06. The van der Waals surface area contributed by atoms with Crippen molar-refractivity contribution in [2.24, 2.45) is 5.73 Å². The molecule has 0 atom stereocenters. The third kappa shape index (κ3) is 2.41. The Balaban J connectivity index is 2.31. The molecule has 0 aliphatic carbocycles. The van der Waals surface area contributed by atoms with Crippen LogP contribution in [0.2, 0.25) is 0 Å². The van der Waals surface area contributed by atoms with Crippen molar-refractivity contribution >= 4 is 23.7 Å². The molecule has 0 radical (unpaired) electrons. The van der Waals surface area contributed by atoms with Gasteiger partial charge in [0.05, 0.1) is 0 Å². The lowest BCUT2D eigenvalue weighted by atomic mass is 10.1. The van der Waals surface area contributed by atoms with Gasteiger partial charge in [-0.1, -0.05) is 0 Å². The Morgan fingerprint density at radius 2 is 2.41 bits per heavy atom. The van der Waals surface area contributed by atoms with Gasteiger partial charge in [-0.25, -0.2) is 4.98 Å². The number of carbonyl (C=O) groups excluding carboxylic acids is 2. The molecule has 0 bridgehead atoms. The predicted octanol–water partition coefficient (Wildman–Crippen LogP) is 0.301. The highest BCUT2D eigenvalue weighted by molar-refractivity contribution is 5.96. The lowest BCUT2D eigenvalue weighted by molar-refractivity contribution is -0.118. The lowest BCUT2D eigenvalue weighted by Gasteiger charge is -2.16. The summed E-state index contributed by atoms with van der Waals surface area (Å²) < 4.78 is 5.20. The molecular formula is C11H11N3O3. The topological polar surface area (TPSA) is 94.3 Å². The number of fused-ring (bicyclic) bond motifs is 1. The number of amides is 2. The molecule has 0 aromatic carbocycles. The highest BCUT2D eigenvalue weighted by Crippen LogP contribution is 2.26. The van der Waals surface area contributed by atoms with E-state index in [2.05, 4.69) is 10.3 Å². The van der Waals surface area contributed by atoms with Crippen LogP contribution in [0.5, 0.6) is 5.75 Å². The molecular weight excluding hydrogens is 222 g/mol. The maximum absolute atomic E-state index is 11.0. The fraction of sp³-hybridized carbons (Fsp3) is 0.182. The average molecular weight is 233 g/mol. The van der Waals surface area contributed by atoms with Gasteiger partial charge in [-0.3, -0.25) is 9.59 Å². The quantitative estimate of drug-likeness (QED) is 0.718. The molecule has 1 aromatic heterocycles. The van der Waals surface area contributed by atoms with Crippen LogP contribution in [0.15, 0.2) is 17.8 Å². The minimum atomic E-state index is -0.489. The molecule has 88 valence electrons. The van der Waals surface area contributed by atoms with E-state index >= 15 is 0 Å². The molecule has 2 rings (SSSR count). The number of primary amides is 1. The van der Waals surface area contributed by atoms with Crippen molar-refractivity contribution in [1.29, 1.82) is 0 Å². The summed E-state index contributed by atoms with van der Waals surface area (Å²) in [5.74, 6) is 0.143. The zero-order chi connectivity index (χ0) is 12.4. The number of anilines is 1. The molecule has 1 aliphatic rings. The molecule has 6 nitrogen and oxygen atoms in total. The number of aromatic nitrogens is 1. The number of hydrogen-bond acceptors (Lipinski definition) is 4. The summed E-state index contributed by atoms with van der Waals surface area (Å²) in [6, 6.07) is 1.69. The van der Waals surface area contributed by atoms with E-state index in [0.717, 1.165) is 0 Å². The Morgan fingerprint density at radius 3 is 3.12 bits per heavy atom. The molecule has 1 aliphatic heterocycles. The van der Waals surface area contributed by atoms with Gasteiger partial charge in [-0.2, -0.15) is 0 Å². The summed E-state index contributed by atoms with van der Waals surface area (Å²) >= 11 is 0. The summed E-state index contributed by atoms with van der Waals surface area (Å²) in [4.78, 5) is 25.9. The van der Waals surface area contributed by atoms with Crippen LogP contribution < -0.4 is 15.8 Å². The zero-order valence-electron chi connectivity index (χ0n) is 9.19. The third-order valence-corrected chi connectivity index (χ3v) is 2.26. The second-order valence-corrected chi connectivity index (χ2v) is 3.64. The second kappa shape index (κ2) is 4.25. The molecule has 6 heteroatoms. The van der Waals surface area contributed by atoms with Gasteiger partial charge in [0.25, 0.3) is 5.91 Å². The summed E-state index contributed by atoms with van der Waals surface area (Å²) in [5, 5.41) is 2.58. The summed E-state index contributed by atoms with van der Waals surface area (Å²) in [5.41, 5.74) is 6.24. The minimum Gasteiger partial charge on any atom is -0.480 e. The fourth-order valence-electron chi connectivity index (χ4n) is 1.38. The van der Waals surface area contributed by atoms with Gasteiger partial charge in [0, 0.05) is 11.8 Å². The number of carbonyl (C=O) groups is 2. The molecule has 0 saturated heterocycles. The Labute approximate surface area is 97.5 Å². The van der Waals surface area contributed by atoms with Crippen LogP contribution in [0, 0.1) is 0 Å². The van der Waals surface area contributed by atoms with E-state index in [9.17, 15) is 9.59 Å². The van der Waals surface area contributed by atoms with E-state index < -0.39 is 5.91 Å². The van der Waals surface area contributed by atoms with Crippen LogP contribution in [0.4, 0.5) is 5.82 Å². The van der Waals surface area contributed by atoms with Crippen LogP contribution in [0.3, 0.4) is 0 Å². The first-order valence-corrected chi connectivity index (χ1v) is 4.97. The smallest absolute Gasteiger partial charge is 0.263 e. The van der Waals surface area contributed by atoms with Crippen molar-refractivity contribution in [3.8, 4) is 5.75 Å². The molecule has 0 unspecified atom stereocenters. The lowest BCUT2D eigenvalue weighted by Crippen LogP contribution is -2.26. The zero-order valence-corrected chi connectivity index (χ0v) is 9.19. The van der Waals surface area contributed by atoms with E-state index in [1.54, 1.807) is 19.1 Å². The fourth-order valence-corrected chi connectivity index (χ4v) is 1.38. The summed E-state index contributed by atoms with van der Waals surface area (Å²) in [6.07, 6.45) is 3.13. The highest BCUT2D eigenvalue weighted by Gasteiger charge is 2.16. The average Bonchev–Trinajstić information content (AvgIpc) is 2.29. The third-order valence-electron chi connectivity index (χ3n) is 2.26. The van der Waals surface area contributed by atoms with Crippen molar-refractivity contribution in [3.05, 3.63) is 23.4 Å². The molecule has 2 heterocycles. The number of nitrogens with one attached hydrogen (secondary N) is 1. The van der Waals surface area contributed by atoms with E-state index in [0.29, 0.717) is 22.7 Å². The van der Waals surface area contributed by atoms with Crippen LogP contribution >= 0.6 is 0 Å². The molecule has 2 amide bonds. The van der Waals surface area contributed by atoms with Crippen molar-refractivity contribution in [1.82, 2.24) is 4.98 Å². The van der Waals surface area contributed by atoms with Crippen LogP contribution in [0.1, 0.15) is 12.5 Å². The van der Waals surface area contributed by atoms with Crippen molar-refractivity contribution in [2.75, 3.05) is 11.9 Å². The second-order valence-electron chi connectivity index (χ2n) is 3.64. The van der Waals surface area contributed by atoms with Crippen LogP contribution in [-0.2, 0) is 9.59 Å². The van der Waals surface area contributed by atoms with Gasteiger partial charge in [-0.15, -0.1) is 0 Å². The van der Waals surface area contributed by atoms with Crippen LogP contribution in [0.25, 0.3) is 6.08 Å². The Hall–Kier alpha value is -2.37. The van der Waals surface area contributed by atoms with E-state index in [1.807, 2.05) is 0 Å². The number of pyridine rings is 1. The summed E-state index contributed by atoms with van der Waals surface area (Å²) in [7, 11) is 0. The van der Waals surface area contributed by atoms with Crippen molar-refractivity contribution in [2.45, 2.75) is 6.92 Å². The first kappa shape index (κ1) is 11.1. The number of rotatable bonds is 2. The number of nitrogens with two attached hydrogens (primary N) is 1. The molecule has 0 fully saturated rings. The largest absolute Gasteiger partial charge is 0.480 e. The monoisotopic (exact) mass is 233 g/mol. The molecule has 3 N–H and O–H groups in total. The normalized spacial score (nSPS) is 14.6. The van der Waals surface area contributed by atoms with E-state index in [4.69, 9.17) is 10.5 Å². The van der Waals surface area contributed by atoms with Gasteiger partial charge in [0.1, 0.15) is 0 Å². The summed E-state index contributed by atoms with van der Waals surface area (Å²) in [6.45, 7) is 1.58. The highest BCUT2D eigenvalue weighted by atomic mass is 16.5. The number of hydrogen-bond donors (Lipinski definition) is 2. The predicted molar refractivity (Wildman–Crippen MR) is 61.2 cm³/mol. The Kier molecular flexibility index (Phi) is 2.78. The van der Waals surface area contributed by atoms with Gasteiger partial charge in [0.2, 0.25) is 5.91 Å². The molecule has 17 heavy (non-hydrogen) atoms. The molecule has 0 saturated carbocycles. The Bertz CT molecular complexity index is 523.